The van der Waals surface area contributed by atoms with Crippen molar-refractivity contribution in [2.75, 3.05) is 6.26 Å². The topological polar surface area (TPSA) is 114 Å². The van der Waals surface area contributed by atoms with Crippen LogP contribution >= 0.6 is 27.9 Å². The van der Waals surface area contributed by atoms with Gasteiger partial charge in [0.05, 0.1) is 16.9 Å². The lowest BCUT2D eigenvalue weighted by Crippen LogP contribution is -2.55. The second-order valence-electron chi connectivity index (χ2n) is 8.02. The lowest BCUT2D eigenvalue weighted by Gasteiger charge is -2.33. The number of aryl methyl sites for hydroxylation is 1. The Labute approximate surface area is 211 Å². The Hall–Kier alpha value is -2.38. The molecule has 0 aliphatic rings. The largest absolute Gasteiger partial charge is 0.457 e. The van der Waals surface area contributed by atoms with Crippen molar-refractivity contribution in [3.05, 3.63) is 71.2 Å². The van der Waals surface area contributed by atoms with Crippen LogP contribution in [-0.4, -0.2) is 45.8 Å². The molecule has 34 heavy (non-hydrogen) atoms. The van der Waals surface area contributed by atoms with Crippen molar-refractivity contribution < 1.29 is 23.2 Å². The summed E-state index contributed by atoms with van der Waals surface area (Å²) < 4.78 is 37.6. The van der Waals surface area contributed by atoms with E-state index < -0.39 is 27.4 Å². The molecule has 0 unspecified atom stereocenters. The van der Waals surface area contributed by atoms with Gasteiger partial charge in [-0.2, -0.15) is 9.19 Å². The third-order valence-corrected chi connectivity index (χ3v) is 7.64. The van der Waals surface area contributed by atoms with Crippen molar-refractivity contribution in [3.63, 3.8) is 0 Å². The van der Waals surface area contributed by atoms with E-state index in [0.717, 1.165) is 16.4 Å². The summed E-state index contributed by atoms with van der Waals surface area (Å²) in [7, 11) is -2.37. The molecule has 2 N–H and O–H groups in total. The summed E-state index contributed by atoms with van der Waals surface area (Å²) in [6.07, 6.45) is 4.76. The second-order valence-corrected chi connectivity index (χ2v) is 11.4. The fourth-order valence-corrected chi connectivity index (χ4v) is 5.03. The maximum Gasteiger partial charge on any atom is 0.275 e. The van der Waals surface area contributed by atoms with E-state index in [1.54, 1.807) is 50.1 Å². The molecule has 1 heterocycles. The molecule has 3 aromatic rings. The molecule has 9 nitrogen and oxygen atoms in total. The van der Waals surface area contributed by atoms with Gasteiger partial charge in [0.15, 0.2) is 0 Å². The van der Waals surface area contributed by atoms with Crippen molar-refractivity contribution in [2.45, 2.75) is 30.2 Å². The summed E-state index contributed by atoms with van der Waals surface area (Å²) in [5.74, 6) is 0.230. The average molecular weight is 570 g/mol. The smallest absolute Gasteiger partial charge is 0.275 e. The van der Waals surface area contributed by atoms with E-state index in [-0.39, 0.29) is 4.90 Å². The molecule has 0 bridgehead atoms. The predicted octanol–water partition coefficient (Wildman–Crippen LogP) is 4.10. The number of rotatable bonds is 9. The van der Waals surface area contributed by atoms with Gasteiger partial charge in [-0.05, 0) is 60.5 Å². The van der Waals surface area contributed by atoms with Crippen LogP contribution in [0.15, 0.2) is 70.4 Å². The first-order valence-corrected chi connectivity index (χ1v) is 13.5. The zero-order valence-electron chi connectivity index (χ0n) is 19.0. The molecule has 12 heteroatoms. The third-order valence-electron chi connectivity index (χ3n) is 5.15. The van der Waals surface area contributed by atoms with E-state index in [2.05, 4.69) is 25.6 Å². The van der Waals surface area contributed by atoms with E-state index >= 15 is 0 Å². The van der Waals surface area contributed by atoms with Crippen molar-refractivity contribution in [3.8, 4) is 11.5 Å². The zero-order chi connectivity index (χ0) is 25.1. The molecule has 0 radical (unpaired) electrons. The fraction of sp³-hybridized carbons (Fsp3) is 0.273. The Kier molecular flexibility index (Phi) is 8.09. The Morgan fingerprint density at radius 2 is 1.74 bits per heavy atom. The highest BCUT2D eigenvalue weighted by atomic mass is 79.9. The normalized spacial score (nSPS) is 12.9. The number of ether oxygens (including phenoxy) is 1. The molecule has 1 amide bonds. The van der Waals surface area contributed by atoms with Crippen LogP contribution < -0.4 is 9.46 Å². The van der Waals surface area contributed by atoms with Crippen molar-refractivity contribution >= 4 is 43.8 Å². The molecule has 182 valence electrons. The number of amides is 1. The quantitative estimate of drug-likeness (QED) is 0.227. The minimum atomic E-state index is -4.14. The van der Waals surface area contributed by atoms with Crippen LogP contribution in [0, 0.1) is 0 Å². The number of hydroxylamine groups is 1. The monoisotopic (exact) mass is 568 g/mol. The third kappa shape index (κ3) is 5.99. The van der Waals surface area contributed by atoms with Crippen LogP contribution in [0.3, 0.4) is 0 Å². The summed E-state index contributed by atoms with van der Waals surface area (Å²) in [5, 5.41) is 10.0. The molecule has 0 aliphatic heterocycles. The molecule has 0 saturated carbocycles. The van der Waals surface area contributed by atoms with Crippen LogP contribution in [0.4, 0.5) is 0 Å². The first-order valence-electron chi connectivity index (χ1n) is 10.1. The van der Waals surface area contributed by atoms with Gasteiger partial charge in [0.25, 0.3) is 5.91 Å². The number of halogens is 1. The molecule has 0 fully saturated rings. The number of sulfonamides is 1. The molecule has 1 aromatic heterocycles. The lowest BCUT2D eigenvalue weighted by molar-refractivity contribution is -0.148. The van der Waals surface area contributed by atoms with Gasteiger partial charge in [-0.15, -0.1) is 0 Å². The Morgan fingerprint density at radius 1 is 1.18 bits per heavy atom. The molecule has 2 aromatic carbocycles. The molecular formula is C22H25BrN4O5S2. The highest BCUT2D eigenvalue weighted by Gasteiger charge is 2.43. The summed E-state index contributed by atoms with van der Waals surface area (Å²) in [6.45, 7) is 3.37. The Balaban J connectivity index is 1.87. The van der Waals surface area contributed by atoms with E-state index in [0.29, 0.717) is 21.7 Å². The van der Waals surface area contributed by atoms with Crippen LogP contribution in [0.2, 0.25) is 0 Å². The van der Waals surface area contributed by atoms with Crippen molar-refractivity contribution in [1.29, 1.82) is 0 Å². The summed E-state index contributed by atoms with van der Waals surface area (Å²) in [6, 6.07) is 11.7. The highest BCUT2D eigenvalue weighted by Crippen LogP contribution is 2.30. The standard InChI is InChI=1S/C22H25BrN4O5S2/c1-22(2,19-13-26(3)14-24-19)20(21(28)27(29)33-4)25-34(30,31)18-11-9-17(10-12-18)32-16-7-5-15(23)6-8-16/h5-14,20,25,29H,1-4H3/t20-/m1/s1. The second kappa shape index (κ2) is 10.5. The number of hydrogen-bond acceptors (Lipinski definition) is 7. The van der Waals surface area contributed by atoms with Gasteiger partial charge in [-0.25, -0.2) is 13.4 Å². The SMILES string of the molecule is CSN(O)C(=O)[C@@H](NS(=O)(=O)c1ccc(Oc2ccc(Br)cc2)cc1)C(C)(C)c1cn(C)cn1. The molecule has 0 aliphatic carbocycles. The number of aromatic nitrogens is 2. The molecule has 0 spiro atoms. The van der Waals surface area contributed by atoms with E-state index in [1.807, 2.05) is 12.1 Å². The van der Waals surface area contributed by atoms with Crippen LogP contribution in [-0.2, 0) is 27.3 Å². The minimum absolute atomic E-state index is 0.0566. The molecule has 3 rings (SSSR count). The van der Waals surface area contributed by atoms with Gasteiger partial charge in [-0.1, -0.05) is 29.8 Å². The summed E-state index contributed by atoms with van der Waals surface area (Å²) in [5.41, 5.74) is -0.587. The van der Waals surface area contributed by atoms with Gasteiger partial charge >= 0.3 is 0 Å². The Bertz CT molecular complexity index is 1250. The number of carbonyl (C=O) groups is 1. The predicted molar refractivity (Wildman–Crippen MR) is 133 cm³/mol. The lowest BCUT2D eigenvalue weighted by atomic mass is 9.81. The van der Waals surface area contributed by atoms with Gasteiger partial charge in [0, 0.05) is 29.4 Å². The van der Waals surface area contributed by atoms with E-state index in [1.165, 1.54) is 30.5 Å². The molecular weight excluding hydrogens is 544 g/mol. The highest BCUT2D eigenvalue weighted by molar-refractivity contribution is 9.10. The Morgan fingerprint density at radius 3 is 2.24 bits per heavy atom. The molecule has 1 atom stereocenters. The maximum atomic E-state index is 13.2. The van der Waals surface area contributed by atoms with Gasteiger partial charge in [-0.3, -0.25) is 10.0 Å². The van der Waals surface area contributed by atoms with Crippen molar-refractivity contribution in [2.24, 2.45) is 7.05 Å². The van der Waals surface area contributed by atoms with E-state index in [4.69, 9.17) is 4.74 Å². The fourth-order valence-electron chi connectivity index (χ4n) is 3.15. The van der Waals surface area contributed by atoms with Crippen LogP contribution in [0.25, 0.3) is 0 Å². The first-order chi connectivity index (χ1) is 15.9. The van der Waals surface area contributed by atoms with Gasteiger partial charge in [0.1, 0.15) is 17.5 Å². The van der Waals surface area contributed by atoms with E-state index in [9.17, 15) is 18.4 Å². The van der Waals surface area contributed by atoms with Gasteiger partial charge in [0.2, 0.25) is 10.0 Å². The van der Waals surface area contributed by atoms with Crippen LogP contribution in [0.5, 0.6) is 11.5 Å². The number of benzene rings is 2. The number of hydrogen-bond donors (Lipinski definition) is 2. The number of nitrogens with one attached hydrogen (secondary N) is 1. The van der Waals surface area contributed by atoms with Crippen LogP contribution in [0.1, 0.15) is 19.5 Å². The zero-order valence-corrected chi connectivity index (χ0v) is 22.2. The number of carbonyl (C=O) groups excluding carboxylic acids is 1. The maximum absolute atomic E-state index is 13.2. The average Bonchev–Trinajstić information content (AvgIpc) is 3.25. The number of imidazole rings is 1. The number of nitrogens with zero attached hydrogens (tertiary/aromatic N) is 3. The summed E-state index contributed by atoms with van der Waals surface area (Å²) in [4.78, 5) is 17.2. The molecule has 0 saturated heterocycles. The minimum Gasteiger partial charge on any atom is -0.457 e. The first kappa shape index (κ1) is 26.2. The van der Waals surface area contributed by atoms with Gasteiger partial charge < -0.3 is 9.30 Å². The summed E-state index contributed by atoms with van der Waals surface area (Å²) >= 11 is 4.12. The van der Waals surface area contributed by atoms with Crippen molar-refractivity contribution in [1.82, 2.24) is 18.7 Å².